The molecule has 1 saturated heterocycles. The molecule has 0 aliphatic carbocycles. The third-order valence-corrected chi connectivity index (χ3v) is 4.47. The van der Waals surface area contributed by atoms with Crippen LogP contribution in [-0.4, -0.2) is 87.7 Å². The van der Waals surface area contributed by atoms with Crippen molar-refractivity contribution in [2.75, 3.05) is 13.7 Å². The number of carbonyl (C=O) groups is 2. The van der Waals surface area contributed by atoms with Crippen molar-refractivity contribution in [3.63, 3.8) is 0 Å². The van der Waals surface area contributed by atoms with Gasteiger partial charge in [0.25, 0.3) is 0 Å². The molecular weight excluding hydrogens is 378 g/mol. The fourth-order valence-corrected chi connectivity index (χ4v) is 2.87. The smallest absolute Gasteiger partial charge is 0.377 e. The van der Waals surface area contributed by atoms with Gasteiger partial charge >= 0.3 is 11.8 Å². The summed E-state index contributed by atoms with van der Waals surface area (Å²) in [5.41, 5.74) is 6.03. The van der Waals surface area contributed by atoms with Gasteiger partial charge in [0.2, 0.25) is 0 Å². The topological polar surface area (TPSA) is 189 Å². The first-order valence-electron chi connectivity index (χ1n) is 8.33. The van der Waals surface area contributed by atoms with Crippen molar-refractivity contribution < 1.29 is 49.3 Å². The molecule has 0 saturated carbocycles. The lowest BCUT2D eigenvalue weighted by Gasteiger charge is -2.45. The van der Waals surface area contributed by atoms with Crippen LogP contribution in [0.25, 0.3) is 0 Å². The van der Waals surface area contributed by atoms with Gasteiger partial charge in [-0.3, -0.25) is 4.79 Å². The number of carbonyl (C=O) groups excluding carboxylic acids is 1. The van der Waals surface area contributed by atoms with Crippen LogP contribution in [0.5, 0.6) is 11.5 Å². The first kappa shape index (κ1) is 22.0. The van der Waals surface area contributed by atoms with Crippen LogP contribution in [-0.2, 0) is 9.53 Å². The summed E-state index contributed by atoms with van der Waals surface area (Å²) in [7, 11) is 1.28. The summed E-state index contributed by atoms with van der Waals surface area (Å²) >= 11 is 0. The zero-order chi connectivity index (χ0) is 21.1. The number of aldehydes is 1. The molecular formula is C17H23NO10. The molecule has 28 heavy (non-hydrogen) atoms. The standard InChI is InChI=1S/C17H23NO10/c1-26-12-4-8(6-19)2-3-11(12)27-17(16(24)25)5-9(21)13(18)15(28-17)14(23)10(22)7-20/h2-4,6,9-10,13-15,20-23H,5,7,18H2,1H3,(H,24,25)/t9-,10+,13+,14+,15+,17-/m0/s1. The summed E-state index contributed by atoms with van der Waals surface area (Å²) in [6, 6.07) is 2.69. The molecule has 7 N–H and O–H groups in total. The first-order chi connectivity index (χ1) is 13.2. The Morgan fingerprint density at radius 1 is 1.43 bits per heavy atom. The van der Waals surface area contributed by atoms with Crippen molar-refractivity contribution >= 4 is 12.3 Å². The number of aliphatic hydroxyl groups excluding tert-OH is 4. The molecule has 0 amide bonds. The van der Waals surface area contributed by atoms with E-state index in [9.17, 15) is 30.0 Å². The SMILES string of the molecule is COc1cc(C=O)ccc1O[C@@]1(C(=O)O)C[C@H](O)[C@@H](N)[C@H]([C@H](O)[C@H](O)CO)O1. The third-order valence-electron chi connectivity index (χ3n) is 4.47. The van der Waals surface area contributed by atoms with E-state index in [0.29, 0.717) is 6.29 Å². The van der Waals surface area contributed by atoms with E-state index in [1.807, 2.05) is 0 Å². The average Bonchev–Trinajstić information content (AvgIpc) is 2.69. The van der Waals surface area contributed by atoms with Crippen LogP contribution in [0, 0.1) is 0 Å². The molecule has 1 aliphatic rings. The lowest BCUT2D eigenvalue weighted by Crippen LogP contribution is -2.67. The summed E-state index contributed by atoms with van der Waals surface area (Å²) in [6.07, 6.45) is -6.56. The molecule has 11 heteroatoms. The monoisotopic (exact) mass is 401 g/mol. The summed E-state index contributed by atoms with van der Waals surface area (Å²) < 4.78 is 16.0. The molecule has 1 fully saturated rings. The minimum atomic E-state index is -2.48. The van der Waals surface area contributed by atoms with Gasteiger partial charge in [-0.25, -0.2) is 4.79 Å². The van der Waals surface area contributed by atoms with Gasteiger partial charge in [-0.05, 0) is 18.2 Å². The second-order valence-electron chi connectivity index (χ2n) is 6.36. The highest BCUT2D eigenvalue weighted by molar-refractivity contribution is 5.78. The van der Waals surface area contributed by atoms with Crippen molar-refractivity contribution in [2.24, 2.45) is 5.73 Å². The summed E-state index contributed by atoms with van der Waals surface area (Å²) in [4.78, 5) is 22.9. The number of hydrogen-bond donors (Lipinski definition) is 6. The largest absolute Gasteiger partial charge is 0.493 e. The molecule has 0 unspecified atom stereocenters. The zero-order valence-corrected chi connectivity index (χ0v) is 15.0. The Labute approximate surface area is 159 Å². The van der Waals surface area contributed by atoms with E-state index in [2.05, 4.69) is 0 Å². The number of ether oxygens (including phenoxy) is 3. The molecule has 6 atom stereocenters. The highest BCUT2D eigenvalue weighted by Crippen LogP contribution is 2.37. The van der Waals surface area contributed by atoms with Crippen molar-refractivity contribution in [1.82, 2.24) is 0 Å². The van der Waals surface area contributed by atoms with Crippen LogP contribution >= 0.6 is 0 Å². The summed E-state index contributed by atoms with van der Waals surface area (Å²) in [5.74, 6) is -4.18. The molecule has 0 aromatic heterocycles. The van der Waals surface area contributed by atoms with Gasteiger partial charge in [0.05, 0.1) is 32.3 Å². The van der Waals surface area contributed by atoms with Gasteiger partial charge in [0.1, 0.15) is 24.6 Å². The Kier molecular flexibility index (Phi) is 6.93. The lowest BCUT2D eigenvalue weighted by molar-refractivity contribution is -0.282. The molecule has 0 spiro atoms. The van der Waals surface area contributed by atoms with E-state index in [4.69, 9.17) is 25.1 Å². The Morgan fingerprint density at radius 2 is 2.11 bits per heavy atom. The van der Waals surface area contributed by atoms with Crippen LogP contribution < -0.4 is 15.2 Å². The highest BCUT2D eigenvalue weighted by atomic mass is 16.7. The molecule has 1 aromatic rings. The quantitative estimate of drug-likeness (QED) is 0.261. The molecule has 156 valence electrons. The van der Waals surface area contributed by atoms with E-state index in [-0.39, 0.29) is 17.1 Å². The average molecular weight is 401 g/mol. The maximum absolute atomic E-state index is 12.0. The van der Waals surface area contributed by atoms with Gasteiger partial charge in [-0.2, -0.15) is 0 Å². The second-order valence-corrected chi connectivity index (χ2v) is 6.36. The van der Waals surface area contributed by atoms with Crippen LogP contribution in [0.1, 0.15) is 16.8 Å². The van der Waals surface area contributed by atoms with E-state index >= 15 is 0 Å². The highest BCUT2D eigenvalue weighted by Gasteiger charge is 2.55. The Hall–Kier alpha value is -2.28. The zero-order valence-electron chi connectivity index (χ0n) is 15.0. The Morgan fingerprint density at radius 3 is 2.64 bits per heavy atom. The van der Waals surface area contributed by atoms with Crippen LogP contribution in [0.3, 0.4) is 0 Å². The summed E-state index contributed by atoms with van der Waals surface area (Å²) in [5, 5.41) is 48.8. The number of aliphatic carboxylic acids is 1. The van der Waals surface area contributed by atoms with Crippen molar-refractivity contribution in [2.45, 2.75) is 42.7 Å². The van der Waals surface area contributed by atoms with Crippen molar-refractivity contribution in [3.8, 4) is 11.5 Å². The van der Waals surface area contributed by atoms with E-state index in [1.54, 1.807) is 0 Å². The summed E-state index contributed by atoms with van der Waals surface area (Å²) in [6.45, 7) is -0.842. The maximum atomic E-state index is 12.0. The van der Waals surface area contributed by atoms with Gasteiger partial charge in [0, 0.05) is 5.56 Å². The number of rotatable bonds is 8. The number of carboxylic acids is 1. The lowest BCUT2D eigenvalue weighted by atomic mass is 9.89. The van der Waals surface area contributed by atoms with E-state index in [0.717, 1.165) is 0 Å². The Bertz CT molecular complexity index is 713. The number of methoxy groups -OCH3 is 1. The molecule has 1 aliphatic heterocycles. The molecule has 2 rings (SSSR count). The predicted molar refractivity (Wildman–Crippen MR) is 91.9 cm³/mol. The van der Waals surface area contributed by atoms with E-state index < -0.39 is 55.2 Å². The van der Waals surface area contributed by atoms with Gasteiger partial charge in [0.15, 0.2) is 11.5 Å². The van der Waals surface area contributed by atoms with Gasteiger partial charge in [-0.15, -0.1) is 0 Å². The molecule has 1 aromatic carbocycles. The predicted octanol–water partition coefficient (Wildman–Crippen LogP) is -2.14. The number of benzene rings is 1. The maximum Gasteiger partial charge on any atom is 0.377 e. The fourth-order valence-electron chi connectivity index (χ4n) is 2.87. The van der Waals surface area contributed by atoms with Gasteiger partial charge < -0.3 is 45.5 Å². The van der Waals surface area contributed by atoms with Crippen LogP contribution in [0.4, 0.5) is 0 Å². The number of hydrogen-bond acceptors (Lipinski definition) is 10. The fraction of sp³-hybridized carbons (Fsp3) is 0.529. The van der Waals surface area contributed by atoms with Crippen molar-refractivity contribution in [3.05, 3.63) is 23.8 Å². The molecule has 0 bridgehead atoms. The number of nitrogens with two attached hydrogens (primary N) is 1. The number of aliphatic hydroxyl groups is 4. The Balaban J connectivity index is 2.42. The third kappa shape index (κ3) is 4.24. The second kappa shape index (κ2) is 8.82. The van der Waals surface area contributed by atoms with Crippen LogP contribution in [0.15, 0.2) is 18.2 Å². The first-order valence-corrected chi connectivity index (χ1v) is 8.33. The van der Waals surface area contributed by atoms with Gasteiger partial charge in [-0.1, -0.05) is 0 Å². The number of carboxylic acid groups (broad SMARTS) is 1. The minimum Gasteiger partial charge on any atom is -0.493 e. The molecule has 11 nitrogen and oxygen atoms in total. The molecule has 1 heterocycles. The minimum absolute atomic E-state index is 0.0330. The van der Waals surface area contributed by atoms with Crippen LogP contribution in [0.2, 0.25) is 0 Å². The molecule has 0 radical (unpaired) electrons. The normalized spacial score (nSPS) is 29.6. The van der Waals surface area contributed by atoms with Crippen molar-refractivity contribution in [1.29, 1.82) is 0 Å². The van der Waals surface area contributed by atoms with E-state index in [1.165, 1.54) is 25.3 Å².